The van der Waals surface area contributed by atoms with Crippen LogP contribution in [0.25, 0.3) is 0 Å². The van der Waals surface area contributed by atoms with Crippen LogP contribution in [0, 0.1) is 18.4 Å². The number of aryl methyl sites for hydroxylation is 1. The molecule has 1 aromatic heterocycles. The van der Waals surface area contributed by atoms with Gasteiger partial charge in [-0.3, -0.25) is 10.3 Å². The Morgan fingerprint density at radius 3 is 3.07 bits per heavy atom. The first-order valence-electron chi connectivity index (χ1n) is 4.29. The highest BCUT2D eigenvalue weighted by Gasteiger charge is 2.01. The van der Waals surface area contributed by atoms with E-state index in [1.54, 1.807) is 6.92 Å². The van der Waals surface area contributed by atoms with Gasteiger partial charge in [-0.15, -0.1) is 0 Å². The van der Waals surface area contributed by atoms with Crippen LogP contribution >= 0.6 is 11.8 Å². The summed E-state index contributed by atoms with van der Waals surface area (Å²) >= 11 is 1.39. The SMILES string of the molecule is CSC(=NCCc1noc(C)n1)NC#N. The second kappa shape index (κ2) is 6.03. The average Bonchev–Trinajstić information content (AvgIpc) is 2.63. The maximum absolute atomic E-state index is 8.39. The van der Waals surface area contributed by atoms with Crippen molar-refractivity contribution in [2.24, 2.45) is 4.99 Å². The molecule has 80 valence electrons. The zero-order valence-electron chi connectivity index (χ0n) is 8.52. The van der Waals surface area contributed by atoms with Crippen LogP contribution in [0.3, 0.4) is 0 Å². The number of aromatic nitrogens is 2. The topological polar surface area (TPSA) is 87.1 Å². The zero-order valence-corrected chi connectivity index (χ0v) is 9.34. The van der Waals surface area contributed by atoms with Crippen molar-refractivity contribution in [1.82, 2.24) is 15.5 Å². The Morgan fingerprint density at radius 1 is 1.73 bits per heavy atom. The molecule has 7 heteroatoms. The summed E-state index contributed by atoms with van der Waals surface area (Å²) in [4.78, 5) is 8.20. The quantitative estimate of drug-likeness (QED) is 0.353. The highest BCUT2D eigenvalue weighted by molar-refractivity contribution is 8.13. The number of aliphatic imine (C=N–C) groups is 1. The van der Waals surface area contributed by atoms with Crippen LogP contribution in [0.1, 0.15) is 11.7 Å². The van der Waals surface area contributed by atoms with Crippen molar-refractivity contribution in [2.45, 2.75) is 13.3 Å². The largest absolute Gasteiger partial charge is 0.340 e. The Labute approximate surface area is 91.8 Å². The minimum absolute atomic E-state index is 0.532. The molecular formula is C8H11N5OS. The van der Waals surface area contributed by atoms with Crippen molar-refractivity contribution in [3.63, 3.8) is 0 Å². The lowest BCUT2D eigenvalue weighted by Gasteiger charge is -1.97. The number of rotatable bonds is 3. The minimum Gasteiger partial charge on any atom is -0.340 e. The second-order valence-corrected chi connectivity index (χ2v) is 3.40. The molecule has 0 aliphatic carbocycles. The lowest BCUT2D eigenvalue weighted by atomic mass is 10.4. The molecule has 1 aromatic rings. The van der Waals surface area contributed by atoms with Crippen molar-refractivity contribution < 1.29 is 4.52 Å². The number of hydrogen-bond donors (Lipinski definition) is 1. The Bertz CT molecular complexity index is 381. The van der Waals surface area contributed by atoms with Crippen LogP contribution in [0.15, 0.2) is 9.52 Å². The molecule has 0 fully saturated rings. The summed E-state index contributed by atoms with van der Waals surface area (Å²) in [6, 6.07) is 0. The molecule has 0 radical (unpaired) electrons. The third kappa shape index (κ3) is 3.99. The molecule has 0 aliphatic heterocycles. The summed E-state index contributed by atoms with van der Waals surface area (Å²) in [6.45, 7) is 2.27. The molecule has 0 aliphatic rings. The second-order valence-electron chi connectivity index (χ2n) is 2.61. The molecule has 0 spiro atoms. The number of thioether (sulfide) groups is 1. The van der Waals surface area contributed by atoms with E-state index in [1.807, 2.05) is 12.4 Å². The molecule has 0 atom stereocenters. The van der Waals surface area contributed by atoms with E-state index in [9.17, 15) is 0 Å². The van der Waals surface area contributed by atoms with Gasteiger partial charge in [-0.25, -0.2) is 0 Å². The maximum atomic E-state index is 8.39. The van der Waals surface area contributed by atoms with Crippen LogP contribution in [0.5, 0.6) is 0 Å². The fourth-order valence-electron chi connectivity index (χ4n) is 0.903. The number of amidine groups is 1. The van der Waals surface area contributed by atoms with Crippen molar-refractivity contribution in [1.29, 1.82) is 5.26 Å². The first-order valence-corrected chi connectivity index (χ1v) is 5.51. The summed E-state index contributed by atoms with van der Waals surface area (Å²) in [7, 11) is 0. The first kappa shape index (κ1) is 11.5. The lowest BCUT2D eigenvalue weighted by Crippen LogP contribution is -2.14. The van der Waals surface area contributed by atoms with Gasteiger partial charge in [0.15, 0.2) is 17.2 Å². The maximum Gasteiger partial charge on any atom is 0.223 e. The Kier molecular flexibility index (Phi) is 4.63. The van der Waals surface area contributed by atoms with Gasteiger partial charge in [0.05, 0.1) is 0 Å². The Balaban J connectivity index is 2.40. The monoisotopic (exact) mass is 225 g/mol. The van der Waals surface area contributed by atoms with E-state index in [0.717, 1.165) is 0 Å². The van der Waals surface area contributed by atoms with Gasteiger partial charge >= 0.3 is 0 Å². The molecular weight excluding hydrogens is 214 g/mol. The number of nitrogens with zero attached hydrogens (tertiary/aromatic N) is 4. The van der Waals surface area contributed by atoms with E-state index in [0.29, 0.717) is 29.8 Å². The highest BCUT2D eigenvalue weighted by atomic mass is 32.2. The van der Waals surface area contributed by atoms with Crippen molar-refractivity contribution in [3.8, 4) is 6.19 Å². The van der Waals surface area contributed by atoms with Gasteiger partial charge in [-0.1, -0.05) is 16.9 Å². The van der Waals surface area contributed by atoms with Gasteiger partial charge in [0.25, 0.3) is 0 Å². The molecule has 0 saturated heterocycles. The lowest BCUT2D eigenvalue weighted by molar-refractivity contribution is 0.387. The van der Waals surface area contributed by atoms with Crippen LogP contribution in [0.4, 0.5) is 0 Å². The first-order chi connectivity index (χ1) is 7.26. The number of nitriles is 1. The molecule has 0 saturated carbocycles. The van der Waals surface area contributed by atoms with Gasteiger partial charge in [0.2, 0.25) is 5.89 Å². The normalized spacial score (nSPS) is 11.1. The fraction of sp³-hybridized carbons (Fsp3) is 0.500. The number of nitrogens with one attached hydrogen (secondary N) is 1. The summed E-state index contributed by atoms with van der Waals surface area (Å²) in [5, 5.41) is 15.2. The Morgan fingerprint density at radius 2 is 2.53 bits per heavy atom. The van der Waals surface area contributed by atoms with Gasteiger partial charge in [0, 0.05) is 19.9 Å². The molecule has 0 amide bonds. The van der Waals surface area contributed by atoms with Crippen LogP contribution in [-0.2, 0) is 6.42 Å². The molecule has 1 heterocycles. The summed E-state index contributed by atoms with van der Waals surface area (Å²) in [6.07, 6.45) is 4.27. The zero-order chi connectivity index (χ0) is 11.1. The van der Waals surface area contributed by atoms with Gasteiger partial charge in [-0.05, 0) is 6.26 Å². The number of hydrogen-bond acceptors (Lipinski definition) is 6. The van der Waals surface area contributed by atoms with E-state index in [4.69, 9.17) is 9.78 Å². The molecule has 1 N–H and O–H groups in total. The summed E-state index contributed by atoms with van der Waals surface area (Å²) < 4.78 is 4.81. The van der Waals surface area contributed by atoms with E-state index in [2.05, 4.69) is 20.4 Å². The molecule has 0 unspecified atom stereocenters. The van der Waals surface area contributed by atoms with E-state index >= 15 is 0 Å². The minimum atomic E-state index is 0.532. The van der Waals surface area contributed by atoms with E-state index < -0.39 is 0 Å². The standard InChI is InChI=1S/C8H11N5OS/c1-6-12-7(13-14-6)3-4-10-8(15-2)11-5-9/h3-4H2,1-2H3,(H,10,11). The predicted octanol–water partition coefficient (Wildman–Crippen LogP) is 0.710. The molecule has 0 aromatic carbocycles. The predicted molar refractivity (Wildman–Crippen MR) is 57.3 cm³/mol. The van der Waals surface area contributed by atoms with Crippen LogP contribution in [0.2, 0.25) is 0 Å². The summed E-state index contributed by atoms with van der Waals surface area (Å²) in [5.74, 6) is 1.18. The van der Waals surface area contributed by atoms with Gasteiger partial charge < -0.3 is 4.52 Å². The molecule has 15 heavy (non-hydrogen) atoms. The van der Waals surface area contributed by atoms with Crippen molar-refractivity contribution >= 4 is 16.9 Å². The average molecular weight is 225 g/mol. The molecule has 0 bridgehead atoms. The van der Waals surface area contributed by atoms with Crippen molar-refractivity contribution in [2.75, 3.05) is 12.8 Å². The third-order valence-corrected chi connectivity index (χ3v) is 2.13. The summed E-state index contributed by atoms with van der Waals surface area (Å²) in [5.41, 5.74) is 0. The van der Waals surface area contributed by atoms with Crippen LogP contribution < -0.4 is 5.32 Å². The highest BCUT2D eigenvalue weighted by Crippen LogP contribution is 1.98. The van der Waals surface area contributed by atoms with Crippen molar-refractivity contribution in [3.05, 3.63) is 11.7 Å². The molecule has 1 rings (SSSR count). The molecule has 6 nitrogen and oxygen atoms in total. The van der Waals surface area contributed by atoms with Crippen LogP contribution in [-0.4, -0.2) is 28.1 Å². The smallest absolute Gasteiger partial charge is 0.223 e. The van der Waals surface area contributed by atoms with E-state index in [-0.39, 0.29) is 0 Å². The fourth-order valence-corrected chi connectivity index (χ4v) is 1.27. The van der Waals surface area contributed by atoms with E-state index in [1.165, 1.54) is 11.8 Å². The van der Waals surface area contributed by atoms with Gasteiger partial charge in [-0.2, -0.15) is 10.2 Å². The third-order valence-electron chi connectivity index (χ3n) is 1.52. The van der Waals surface area contributed by atoms with Gasteiger partial charge in [0.1, 0.15) is 0 Å². The Hall–Kier alpha value is -1.55.